The standard InChI is InChI=1S/C18H26N2O3/c1-2-13-3-5-14(6-4-13)23-12-16(22)20-17-7-9-18(19,10-8-17)15(21)11-17/h3-6,15,21H,2,7-12,19H2,1H3,(H,20,22)/t15-,17?,18?/m0/s1. The molecule has 0 saturated heterocycles. The fraction of sp³-hybridized carbons (Fsp3) is 0.611. The number of ether oxygens (including phenoxy) is 1. The van der Waals surface area contributed by atoms with Crippen molar-refractivity contribution in [1.82, 2.24) is 5.32 Å². The van der Waals surface area contributed by atoms with Gasteiger partial charge < -0.3 is 20.9 Å². The lowest BCUT2D eigenvalue weighted by atomic mass is 9.60. The van der Waals surface area contributed by atoms with Gasteiger partial charge in [0.25, 0.3) is 5.91 Å². The molecule has 23 heavy (non-hydrogen) atoms. The molecule has 3 fully saturated rings. The zero-order chi connectivity index (χ0) is 16.5. The fourth-order valence-electron chi connectivity index (χ4n) is 3.78. The Bertz CT molecular complexity index is 562. The number of amides is 1. The van der Waals surface area contributed by atoms with E-state index in [1.807, 2.05) is 24.3 Å². The lowest BCUT2D eigenvalue weighted by molar-refractivity contribution is -0.128. The lowest BCUT2D eigenvalue weighted by Gasteiger charge is -2.54. The molecule has 4 rings (SSSR count). The molecule has 3 aliphatic rings. The zero-order valence-electron chi connectivity index (χ0n) is 13.7. The highest BCUT2D eigenvalue weighted by atomic mass is 16.5. The van der Waals surface area contributed by atoms with Gasteiger partial charge >= 0.3 is 0 Å². The zero-order valence-corrected chi connectivity index (χ0v) is 13.7. The van der Waals surface area contributed by atoms with E-state index in [-0.39, 0.29) is 18.1 Å². The minimum absolute atomic E-state index is 0.00289. The van der Waals surface area contributed by atoms with Crippen LogP contribution in [0.4, 0.5) is 0 Å². The molecule has 1 atom stereocenters. The van der Waals surface area contributed by atoms with Crippen molar-refractivity contribution in [3.8, 4) is 5.75 Å². The van der Waals surface area contributed by atoms with Crippen molar-refractivity contribution in [3.05, 3.63) is 29.8 Å². The molecule has 126 valence electrons. The van der Waals surface area contributed by atoms with Crippen LogP contribution in [0.2, 0.25) is 0 Å². The van der Waals surface area contributed by atoms with Crippen molar-refractivity contribution in [1.29, 1.82) is 0 Å². The summed E-state index contributed by atoms with van der Waals surface area (Å²) < 4.78 is 5.56. The van der Waals surface area contributed by atoms with E-state index in [2.05, 4.69) is 12.2 Å². The first-order valence-electron chi connectivity index (χ1n) is 8.44. The maximum Gasteiger partial charge on any atom is 0.258 e. The number of nitrogens with one attached hydrogen (secondary N) is 1. The Morgan fingerprint density at radius 3 is 2.52 bits per heavy atom. The van der Waals surface area contributed by atoms with Crippen molar-refractivity contribution in [2.24, 2.45) is 5.73 Å². The summed E-state index contributed by atoms with van der Waals surface area (Å²) in [6.45, 7) is 2.10. The number of hydrogen-bond donors (Lipinski definition) is 3. The number of nitrogens with two attached hydrogens (primary N) is 1. The maximum absolute atomic E-state index is 12.2. The van der Waals surface area contributed by atoms with Crippen LogP contribution >= 0.6 is 0 Å². The molecule has 0 unspecified atom stereocenters. The first-order chi connectivity index (χ1) is 10.9. The van der Waals surface area contributed by atoms with Crippen molar-refractivity contribution < 1.29 is 14.6 Å². The van der Waals surface area contributed by atoms with Gasteiger partial charge in [-0.2, -0.15) is 0 Å². The van der Waals surface area contributed by atoms with E-state index in [4.69, 9.17) is 10.5 Å². The van der Waals surface area contributed by atoms with Crippen LogP contribution in [0.5, 0.6) is 5.75 Å². The maximum atomic E-state index is 12.2. The van der Waals surface area contributed by atoms with Gasteiger partial charge in [-0.25, -0.2) is 0 Å². The second-order valence-electron chi connectivity index (χ2n) is 7.07. The van der Waals surface area contributed by atoms with Crippen molar-refractivity contribution in [3.63, 3.8) is 0 Å². The largest absolute Gasteiger partial charge is 0.484 e. The summed E-state index contributed by atoms with van der Waals surface area (Å²) in [5.74, 6) is 0.561. The molecule has 0 aliphatic heterocycles. The number of aliphatic hydroxyl groups excluding tert-OH is 1. The van der Waals surface area contributed by atoms with E-state index in [1.54, 1.807) is 0 Å². The predicted octanol–water partition coefficient (Wildman–Crippen LogP) is 1.52. The molecule has 3 saturated carbocycles. The number of carbonyl (C=O) groups is 1. The quantitative estimate of drug-likeness (QED) is 0.768. The van der Waals surface area contributed by atoms with Crippen molar-refractivity contribution >= 4 is 5.91 Å². The molecule has 5 nitrogen and oxygen atoms in total. The number of hydrogen-bond acceptors (Lipinski definition) is 4. The number of aliphatic hydroxyl groups is 1. The predicted molar refractivity (Wildman–Crippen MR) is 88.2 cm³/mol. The number of carbonyl (C=O) groups excluding carboxylic acids is 1. The minimum Gasteiger partial charge on any atom is -0.484 e. The third kappa shape index (κ3) is 3.35. The van der Waals surface area contributed by atoms with Crippen LogP contribution in [-0.4, -0.2) is 34.8 Å². The van der Waals surface area contributed by atoms with Crippen LogP contribution in [0.3, 0.4) is 0 Å². The van der Waals surface area contributed by atoms with Crippen LogP contribution in [0, 0.1) is 0 Å². The molecule has 0 radical (unpaired) electrons. The highest BCUT2D eigenvalue weighted by Crippen LogP contribution is 2.45. The van der Waals surface area contributed by atoms with Gasteiger partial charge in [-0.1, -0.05) is 19.1 Å². The molecular formula is C18H26N2O3. The third-order valence-electron chi connectivity index (χ3n) is 5.49. The molecule has 3 aliphatic carbocycles. The average molecular weight is 318 g/mol. The Balaban J connectivity index is 1.53. The third-order valence-corrected chi connectivity index (χ3v) is 5.49. The van der Waals surface area contributed by atoms with Gasteiger partial charge in [0.15, 0.2) is 6.61 Å². The smallest absolute Gasteiger partial charge is 0.258 e. The Kier molecular flexibility index (Phi) is 4.34. The molecule has 0 heterocycles. The SMILES string of the molecule is CCc1ccc(OCC(=O)NC23CCC(N)(CC2)[C@@H](O)C3)cc1. The summed E-state index contributed by atoms with van der Waals surface area (Å²) in [6, 6.07) is 7.78. The number of aryl methyl sites for hydroxylation is 1. The summed E-state index contributed by atoms with van der Waals surface area (Å²) in [4.78, 5) is 12.2. The van der Waals surface area contributed by atoms with Gasteiger partial charge in [-0.3, -0.25) is 4.79 Å². The first kappa shape index (κ1) is 16.3. The molecule has 1 aromatic rings. The summed E-state index contributed by atoms with van der Waals surface area (Å²) in [5.41, 5.74) is 6.67. The monoisotopic (exact) mass is 318 g/mol. The Hall–Kier alpha value is -1.59. The van der Waals surface area contributed by atoms with E-state index in [9.17, 15) is 9.90 Å². The van der Waals surface area contributed by atoms with Gasteiger partial charge in [-0.15, -0.1) is 0 Å². The molecule has 4 N–H and O–H groups in total. The Labute approximate surface area is 137 Å². The van der Waals surface area contributed by atoms with Crippen LogP contribution in [0.1, 0.15) is 44.6 Å². The topological polar surface area (TPSA) is 84.6 Å². The molecule has 1 aromatic carbocycles. The van der Waals surface area contributed by atoms with Gasteiger partial charge in [0.2, 0.25) is 0 Å². The van der Waals surface area contributed by atoms with Gasteiger partial charge in [0.05, 0.1) is 6.10 Å². The molecule has 0 aromatic heterocycles. The van der Waals surface area contributed by atoms with Crippen LogP contribution in [-0.2, 0) is 11.2 Å². The number of benzene rings is 1. The van der Waals surface area contributed by atoms with E-state index < -0.39 is 11.6 Å². The normalized spacial score (nSPS) is 32.6. The van der Waals surface area contributed by atoms with Crippen LogP contribution < -0.4 is 15.8 Å². The number of fused-ring (bicyclic) bond motifs is 3. The van der Waals surface area contributed by atoms with E-state index >= 15 is 0 Å². The highest BCUT2D eigenvalue weighted by molar-refractivity contribution is 5.78. The average Bonchev–Trinajstić information content (AvgIpc) is 2.55. The molecular weight excluding hydrogens is 292 g/mol. The molecule has 1 amide bonds. The van der Waals surface area contributed by atoms with Gasteiger partial charge in [-0.05, 0) is 56.2 Å². The molecule has 5 heteroatoms. The van der Waals surface area contributed by atoms with E-state index in [0.717, 1.165) is 32.1 Å². The highest BCUT2D eigenvalue weighted by Gasteiger charge is 2.52. The van der Waals surface area contributed by atoms with Crippen molar-refractivity contribution in [2.75, 3.05) is 6.61 Å². The molecule has 2 bridgehead atoms. The molecule has 0 spiro atoms. The summed E-state index contributed by atoms with van der Waals surface area (Å²) >= 11 is 0. The number of rotatable bonds is 5. The minimum atomic E-state index is -0.534. The van der Waals surface area contributed by atoms with E-state index in [0.29, 0.717) is 12.2 Å². The fourth-order valence-corrected chi connectivity index (χ4v) is 3.78. The first-order valence-corrected chi connectivity index (χ1v) is 8.44. The lowest BCUT2D eigenvalue weighted by Crippen LogP contribution is -2.68. The van der Waals surface area contributed by atoms with Crippen molar-refractivity contribution in [2.45, 2.75) is 62.6 Å². The Morgan fingerprint density at radius 2 is 1.96 bits per heavy atom. The van der Waals surface area contributed by atoms with Crippen LogP contribution in [0.15, 0.2) is 24.3 Å². The van der Waals surface area contributed by atoms with Crippen LogP contribution in [0.25, 0.3) is 0 Å². The second kappa shape index (κ2) is 6.13. The van der Waals surface area contributed by atoms with Gasteiger partial charge in [0.1, 0.15) is 5.75 Å². The summed E-state index contributed by atoms with van der Waals surface area (Å²) in [7, 11) is 0. The Morgan fingerprint density at radius 1 is 1.30 bits per heavy atom. The van der Waals surface area contributed by atoms with Gasteiger partial charge in [0, 0.05) is 11.1 Å². The van der Waals surface area contributed by atoms with E-state index in [1.165, 1.54) is 5.56 Å². The summed E-state index contributed by atoms with van der Waals surface area (Å²) in [6.07, 6.45) is 4.17. The summed E-state index contributed by atoms with van der Waals surface area (Å²) in [5, 5.41) is 13.3. The second-order valence-corrected chi connectivity index (χ2v) is 7.07.